The zero-order valence-corrected chi connectivity index (χ0v) is 13.8. The van der Waals surface area contributed by atoms with Gasteiger partial charge in [0.15, 0.2) is 15.1 Å². The van der Waals surface area contributed by atoms with Crippen LogP contribution in [0.1, 0.15) is 41.0 Å². The average Bonchev–Trinajstić information content (AvgIpc) is 2.41. The Kier molecular flexibility index (Phi) is 4.62. The van der Waals surface area contributed by atoms with Gasteiger partial charge in [-0.2, -0.15) is 0 Å². The van der Waals surface area contributed by atoms with Gasteiger partial charge in [-0.25, -0.2) is 13.2 Å². The molecule has 1 aliphatic rings. The van der Waals surface area contributed by atoms with Crippen LogP contribution in [0.2, 0.25) is 0 Å². The molecule has 0 aromatic heterocycles. The fourth-order valence-corrected chi connectivity index (χ4v) is 4.48. The van der Waals surface area contributed by atoms with E-state index < -0.39 is 43.4 Å². The number of hydrogen-bond acceptors (Lipinski definition) is 5. The highest BCUT2D eigenvalue weighted by Gasteiger charge is 2.56. The van der Waals surface area contributed by atoms with Crippen LogP contribution < -0.4 is 5.32 Å². The summed E-state index contributed by atoms with van der Waals surface area (Å²) in [6.07, 6.45) is -0.657. The molecule has 122 valence electrons. The van der Waals surface area contributed by atoms with E-state index in [1.54, 1.807) is 20.8 Å². The molecule has 2 unspecified atom stereocenters. The summed E-state index contributed by atoms with van der Waals surface area (Å²) in [7, 11) is -3.79. The van der Waals surface area contributed by atoms with Crippen molar-refractivity contribution in [2.75, 3.05) is 6.54 Å². The highest BCUT2D eigenvalue weighted by molar-refractivity contribution is 7.94. The van der Waals surface area contributed by atoms with E-state index in [0.29, 0.717) is 0 Å². The molecule has 2 N–H and O–H groups in total. The van der Waals surface area contributed by atoms with E-state index in [1.165, 1.54) is 13.8 Å². The molecular formula is C13H23NO6S. The number of amides is 1. The van der Waals surface area contributed by atoms with E-state index in [4.69, 9.17) is 9.84 Å². The lowest BCUT2D eigenvalue weighted by Crippen LogP contribution is -2.42. The van der Waals surface area contributed by atoms with E-state index in [0.717, 1.165) is 0 Å². The van der Waals surface area contributed by atoms with Crippen molar-refractivity contribution >= 4 is 21.9 Å². The lowest BCUT2D eigenvalue weighted by Gasteiger charge is -2.26. The Morgan fingerprint density at radius 3 is 2.24 bits per heavy atom. The van der Waals surface area contributed by atoms with E-state index in [1.807, 2.05) is 0 Å². The van der Waals surface area contributed by atoms with E-state index in [-0.39, 0.29) is 13.0 Å². The van der Waals surface area contributed by atoms with Gasteiger partial charge in [-0.05, 0) is 47.0 Å². The molecule has 1 fully saturated rings. The second kappa shape index (κ2) is 5.47. The smallest absolute Gasteiger partial charge is 0.407 e. The minimum atomic E-state index is -3.79. The number of carboxylic acid groups (broad SMARTS) is 1. The third-order valence-electron chi connectivity index (χ3n) is 3.76. The first kappa shape index (κ1) is 17.7. The summed E-state index contributed by atoms with van der Waals surface area (Å²) in [5.41, 5.74) is -0.648. The second-order valence-corrected chi connectivity index (χ2v) is 9.50. The average molecular weight is 321 g/mol. The van der Waals surface area contributed by atoms with Gasteiger partial charge in [-0.3, -0.25) is 4.79 Å². The predicted octanol–water partition coefficient (Wildman–Crippen LogP) is 1.18. The Labute approximate surface area is 125 Å². The van der Waals surface area contributed by atoms with Crippen molar-refractivity contribution in [3.05, 3.63) is 0 Å². The molecule has 21 heavy (non-hydrogen) atoms. The van der Waals surface area contributed by atoms with Crippen LogP contribution in [0.4, 0.5) is 4.79 Å². The number of aliphatic carboxylic acids is 1. The molecule has 0 radical (unpaired) electrons. The maximum atomic E-state index is 12.2. The van der Waals surface area contributed by atoms with E-state index in [9.17, 15) is 18.0 Å². The van der Waals surface area contributed by atoms with Gasteiger partial charge in [-0.15, -0.1) is 0 Å². The summed E-state index contributed by atoms with van der Waals surface area (Å²) in [5, 5.41) is 10.1. The Bertz CT molecular complexity index is 531. The molecule has 1 rings (SSSR count). The molecule has 8 heteroatoms. The van der Waals surface area contributed by atoms with Gasteiger partial charge in [0.25, 0.3) is 0 Å². The number of alkyl carbamates (subject to hydrolysis) is 1. The van der Waals surface area contributed by atoms with Crippen LogP contribution in [0.15, 0.2) is 0 Å². The van der Waals surface area contributed by atoms with Gasteiger partial charge in [-0.1, -0.05) is 0 Å². The fraction of sp³-hybridized carbons (Fsp3) is 0.846. The number of ether oxygens (including phenoxy) is 1. The summed E-state index contributed by atoms with van der Waals surface area (Å²) in [5.74, 6) is -1.82. The summed E-state index contributed by atoms with van der Waals surface area (Å²) in [6.45, 7) is 8.20. The maximum Gasteiger partial charge on any atom is 0.407 e. The normalized spacial score (nSPS) is 27.1. The number of hydrogen-bond donors (Lipinski definition) is 2. The fourth-order valence-electron chi connectivity index (χ4n) is 2.35. The zero-order chi connectivity index (χ0) is 16.6. The van der Waals surface area contributed by atoms with Crippen molar-refractivity contribution < 1.29 is 27.9 Å². The molecule has 1 saturated heterocycles. The molecule has 1 aliphatic heterocycles. The van der Waals surface area contributed by atoms with Crippen molar-refractivity contribution in [1.82, 2.24) is 5.32 Å². The molecule has 0 saturated carbocycles. The van der Waals surface area contributed by atoms with Crippen molar-refractivity contribution in [2.45, 2.75) is 56.6 Å². The molecule has 1 heterocycles. The summed E-state index contributed by atoms with van der Waals surface area (Å²) < 4.78 is 28.3. The molecule has 0 aliphatic carbocycles. The molecule has 0 aromatic carbocycles. The Morgan fingerprint density at radius 1 is 1.33 bits per heavy atom. The number of carboxylic acids is 1. The monoisotopic (exact) mass is 321 g/mol. The third kappa shape index (κ3) is 3.66. The standard InChI is InChI=1S/C13H23NO6S/c1-12(2,3)20-11(17)14-7-8-6-9(10(15)16)21(18,19)13(8,4)5/h8-9H,6-7H2,1-5H3,(H,14,17)(H,15,16). The highest BCUT2D eigenvalue weighted by atomic mass is 32.2. The van der Waals surface area contributed by atoms with Gasteiger partial charge in [0.1, 0.15) is 5.60 Å². The minimum absolute atomic E-state index is 0.0134. The van der Waals surface area contributed by atoms with Crippen molar-refractivity contribution in [3.63, 3.8) is 0 Å². The third-order valence-corrected chi connectivity index (χ3v) is 6.70. The quantitative estimate of drug-likeness (QED) is 0.807. The van der Waals surface area contributed by atoms with Crippen LogP contribution in [0, 0.1) is 5.92 Å². The summed E-state index contributed by atoms with van der Waals surface area (Å²) >= 11 is 0. The first-order chi connectivity index (χ1) is 9.29. The van der Waals surface area contributed by atoms with Crippen LogP contribution >= 0.6 is 0 Å². The SMILES string of the molecule is CC(C)(C)OC(=O)NCC1CC(C(=O)O)S(=O)(=O)C1(C)C. The largest absolute Gasteiger partial charge is 0.480 e. The molecular weight excluding hydrogens is 298 g/mol. The van der Waals surface area contributed by atoms with Gasteiger partial charge in [0, 0.05) is 6.54 Å². The van der Waals surface area contributed by atoms with Crippen molar-refractivity contribution in [2.24, 2.45) is 5.92 Å². The predicted molar refractivity (Wildman–Crippen MR) is 76.8 cm³/mol. The molecule has 1 amide bonds. The molecule has 7 nitrogen and oxygen atoms in total. The lowest BCUT2D eigenvalue weighted by molar-refractivity contribution is -0.136. The van der Waals surface area contributed by atoms with Crippen LogP contribution in [0.3, 0.4) is 0 Å². The Morgan fingerprint density at radius 2 is 1.86 bits per heavy atom. The summed E-state index contributed by atoms with van der Waals surface area (Å²) in [4.78, 5) is 22.7. The van der Waals surface area contributed by atoms with Crippen LogP contribution in [0.5, 0.6) is 0 Å². The van der Waals surface area contributed by atoms with E-state index >= 15 is 0 Å². The molecule has 0 spiro atoms. The van der Waals surface area contributed by atoms with E-state index in [2.05, 4.69) is 5.32 Å². The molecule has 0 bridgehead atoms. The van der Waals surface area contributed by atoms with Gasteiger partial charge in [0.05, 0.1) is 4.75 Å². The zero-order valence-electron chi connectivity index (χ0n) is 13.0. The topological polar surface area (TPSA) is 110 Å². The van der Waals surface area contributed by atoms with Crippen LogP contribution in [0.25, 0.3) is 0 Å². The Balaban J connectivity index is 2.77. The molecule has 0 aromatic rings. The van der Waals surface area contributed by atoms with Crippen molar-refractivity contribution in [1.29, 1.82) is 0 Å². The number of rotatable bonds is 3. The van der Waals surface area contributed by atoms with Crippen LogP contribution in [-0.2, 0) is 19.4 Å². The number of sulfone groups is 1. The summed E-state index contributed by atoms with van der Waals surface area (Å²) in [6, 6.07) is 0. The first-order valence-corrected chi connectivity index (χ1v) is 8.27. The Hall–Kier alpha value is -1.31. The second-order valence-electron chi connectivity index (χ2n) is 6.79. The highest BCUT2D eigenvalue weighted by Crippen LogP contribution is 2.41. The number of carbonyl (C=O) groups excluding carboxylic acids is 1. The molecule has 2 atom stereocenters. The lowest BCUT2D eigenvalue weighted by atomic mass is 9.91. The first-order valence-electron chi connectivity index (χ1n) is 6.72. The maximum absolute atomic E-state index is 12.2. The van der Waals surface area contributed by atoms with Gasteiger partial charge in [0.2, 0.25) is 0 Å². The van der Waals surface area contributed by atoms with Crippen molar-refractivity contribution in [3.8, 4) is 0 Å². The number of carbonyl (C=O) groups is 2. The minimum Gasteiger partial charge on any atom is -0.480 e. The van der Waals surface area contributed by atoms with Crippen LogP contribution in [-0.4, -0.2) is 47.7 Å². The van der Waals surface area contributed by atoms with Gasteiger partial charge >= 0.3 is 12.1 Å². The van der Waals surface area contributed by atoms with Gasteiger partial charge < -0.3 is 15.2 Å². The number of nitrogens with one attached hydrogen (secondary N) is 1.